The van der Waals surface area contributed by atoms with E-state index in [1.807, 2.05) is 24.3 Å². The van der Waals surface area contributed by atoms with Crippen molar-refractivity contribution in [1.29, 1.82) is 0 Å². The van der Waals surface area contributed by atoms with E-state index in [9.17, 15) is 13.6 Å². The average molecular weight is 324 g/mol. The van der Waals surface area contributed by atoms with Gasteiger partial charge >= 0.3 is 0 Å². The fourth-order valence-corrected chi connectivity index (χ4v) is 3.29. The molecule has 1 amide bonds. The summed E-state index contributed by atoms with van der Waals surface area (Å²) in [6.07, 6.45) is 2.58. The Morgan fingerprint density at radius 2 is 1.79 bits per heavy atom. The van der Waals surface area contributed by atoms with E-state index in [-0.39, 0.29) is 11.6 Å². The van der Waals surface area contributed by atoms with E-state index >= 15 is 0 Å². The zero-order valence-corrected chi connectivity index (χ0v) is 12.8. The highest BCUT2D eigenvalue weighted by Gasteiger charge is 2.23. The number of anilines is 1. The minimum absolute atomic E-state index is 0.102. The number of hydrogen-bond acceptors (Lipinski definition) is 2. The Kier molecular flexibility index (Phi) is 3.49. The van der Waals surface area contributed by atoms with Gasteiger partial charge in [-0.3, -0.25) is 9.78 Å². The second-order valence-corrected chi connectivity index (χ2v) is 5.90. The Morgan fingerprint density at radius 3 is 2.58 bits per heavy atom. The highest BCUT2D eigenvalue weighted by atomic mass is 19.1. The molecule has 0 fully saturated rings. The van der Waals surface area contributed by atoms with Gasteiger partial charge in [0, 0.05) is 22.8 Å². The third-order valence-corrected chi connectivity index (χ3v) is 4.27. The number of nitrogens with one attached hydrogen (secondary N) is 1. The number of fused-ring (bicyclic) bond motifs is 2. The molecule has 0 spiro atoms. The number of pyridine rings is 1. The van der Waals surface area contributed by atoms with Gasteiger partial charge in [-0.05, 0) is 43.0 Å². The monoisotopic (exact) mass is 324 g/mol. The topological polar surface area (TPSA) is 42.0 Å². The van der Waals surface area contributed by atoms with Gasteiger partial charge in [0.25, 0.3) is 5.91 Å². The van der Waals surface area contributed by atoms with Crippen molar-refractivity contribution >= 4 is 22.5 Å². The first-order valence-corrected chi connectivity index (χ1v) is 7.80. The lowest BCUT2D eigenvalue weighted by Gasteiger charge is -2.13. The predicted molar refractivity (Wildman–Crippen MR) is 88.1 cm³/mol. The Labute approximate surface area is 137 Å². The van der Waals surface area contributed by atoms with E-state index in [1.165, 1.54) is 0 Å². The molecule has 0 saturated carbocycles. The number of hydrogen-bond donors (Lipinski definition) is 1. The molecular weight excluding hydrogens is 310 g/mol. The number of carbonyl (C=O) groups excluding carboxylic acids is 1. The maximum atomic E-state index is 13.4. The number of benzene rings is 2. The lowest BCUT2D eigenvalue weighted by molar-refractivity contribution is 0.102. The van der Waals surface area contributed by atoms with Gasteiger partial charge in [-0.1, -0.05) is 18.2 Å². The second kappa shape index (κ2) is 5.67. The molecule has 3 nitrogen and oxygen atoms in total. The van der Waals surface area contributed by atoms with Crippen molar-refractivity contribution in [3.05, 3.63) is 70.9 Å². The van der Waals surface area contributed by atoms with Crippen LogP contribution >= 0.6 is 0 Å². The lowest BCUT2D eigenvalue weighted by atomic mass is 10.0. The number of aromatic nitrogens is 1. The van der Waals surface area contributed by atoms with E-state index in [0.717, 1.165) is 59.6 Å². The molecule has 1 aliphatic carbocycles. The first-order valence-electron chi connectivity index (χ1n) is 7.80. The molecule has 3 aromatic rings. The van der Waals surface area contributed by atoms with Crippen LogP contribution in [-0.2, 0) is 12.8 Å². The molecule has 4 rings (SSSR count). The molecule has 1 aromatic heterocycles. The Hall–Kier alpha value is -2.82. The van der Waals surface area contributed by atoms with Gasteiger partial charge in [0.2, 0.25) is 0 Å². The number of aryl methyl sites for hydroxylation is 1. The van der Waals surface area contributed by atoms with E-state index in [1.54, 1.807) is 0 Å². The van der Waals surface area contributed by atoms with Gasteiger partial charge in [0.15, 0.2) is 0 Å². The molecule has 0 aliphatic heterocycles. The number of carbonyl (C=O) groups is 1. The van der Waals surface area contributed by atoms with Crippen LogP contribution in [0.5, 0.6) is 0 Å². The van der Waals surface area contributed by atoms with Crippen molar-refractivity contribution < 1.29 is 13.6 Å². The molecule has 0 bridgehead atoms. The van der Waals surface area contributed by atoms with Crippen molar-refractivity contribution in [2.24, 2.45) is 0 Å². The van der Waals surface area contributed by atoms with Crippen molar-refractivity contribution in [2.75, 3.05) is 5.32 Å². The summed E-state index contributed by atoms with van der Waals surface area (Å²) >= 11 is 0. The zero-order valence-electron chi connectivity index (χ0n) is 12.8. The van der Waals surface area contributed by atoms with Crippen LogP contribution in [0.15, 0.2) is 42.5 Å². The Bertz CT molecular complexity index is 949. The third-order valence-electron chi connectivity index (χ3n) is 4.27. The van der Waals surface area contributed by atoms with Crippen LogP contribution in [0.4, 0.5) is 14.5 Å². The summed E-state index contributed by atoms with van der Waals surface area (Å²) in [5, 5.41) is 3.37. The van der Waals surface area contributed by atoms with Crippen LogP contribution in [0.1, 0.15) is 28.0 Å². The summed E-state index contributed by atoms with van der Waals surface area (Å²) in [6.45, 7) is 0. The van der Waals surface area contributed by atoms with E-state index < -0.39 is 11.6 Å². The first kappa shape index (κ1) is 14.8. The van der Waals surface area contributed by atoms with Gasteiger partial charge in [-0.2, -0.15) is 0 Å². The largest absolute Gasteiger partial charge is 0.322 e. The van der Waals surface area contributed by atoms with Crippen LogP contribution in [0.2, 0.25) is 0 Å². The maximum Gasteiger partial charge on any atom is 0.256 e. The molecule has 0 unspecified atom stereocenters. The maximum absolute atomic E-state index is 13.4. The first-order chi connectivity index (χ1) is 11.6. The summed E-state index contributed by atoms with van der Waals surface area (Å²) in [5.74, 6) is -1.82. The summed E-state index contributed by atoms with van der Waals surface area (Å²) in [4.78, 5) is 17.5. The lowest BCUT2D eigenvalue weighted by Crippen LogP contribution is -2.16. The molecule has 120 valence electrons. The molecule has 5 heteroatoms. The number of rotatable bonds is 2. The molecule has 1 heterocycles. The SMILES string of the molecule is O=C(Nc1cc(F)cc(F)c1)c1c2c(nc3ccccc13)CCC2. The van der Waals surface area contributed by atoms with Gasteiger partial charge in [-0.15, -0.1) is 0 Å². The minimum Gasteiger partial charge on any atom is -0.322 e. The minimum atomic E-state index is -0.727. The summed E-state index contributed by atoms with van der Waals surface area (Å²) < 4.78 is 26.7. The van der Waals surface area contributed by atoms with Crippen LogP contribution in [-0.4, -0.2) is 10.9 Å². The van der Waals surface area contributed by atoms with Gasteiger partial charge in [0.1, 0.15) is 11.6 Å². The molecule has 0 radical (unpaired) electrons. The number of para-hydroxylation sites is 1. The highest BCUT2D eigenvalue weighted by molar-refractivity contribution is 6.13. The van der Waals surface area contributed by atoms with Gasteiger partial charge in [0.05, 0.1) is 11.1 Å². The Morgan fingerprint density at radius 1 is 1.04 bits per heavy atom. The van der Waals surface area contributed by atoms with E-state index in [2.05, 4.69) is 10.3 Å². The quantitative estimate of drug-likeness (QED) is 0.765. The standard InChI is InChI=1S/C19H14F2N2O/c20-11-8-12(21)10-13(9-11)22-19(24)18-14-4-1-2-6-16(14)23-17-7-3-5-15(17)18/h1-2,4,6,8-10H,3,5,7H2,(H,22,24). The molecule has 24 heavy (non-hydrogen) atoms. The molecule has 1 aliphatic rings. The molecule has 2 aromatic carbocycles. The smallest absolute Gasteiger partial charge is 0.256 e. The van der Waals surface area contributed by atoms with Crippen molar-refractivity contribution in [3.63, 3.8) is 0 Å². The predicted octanol–water partition coefficient (Wildman–Crippen LogP) is 4.25. The third kappa shape index (κ3) is 2.52. The van der Waals surface area contributed by atoms with Crippen molar-refractivity contribution in [1.82, 2.24) is 4.98 Å². The zero-order chi connectivity index (χ0) is 16.7. The van der Waals surface area contributed by atoms with Gasteiger partial charge in [-0.25, -0.2) is 8.78 Å². The van der Waals surface area contributed by atoms with Crippen molar-refractivity contribution in [3.8, 4) is 0 Å². The summed E-state index contributed by atoms with van der Waals surface area (Å²) in [7, 11) is 0. The van der Waals surface area contributed by atoms with E-state index in [4.69, 9.17) is 0 Å². The molecule has 0 saturated heterocycles. The number of halogens is 2. The highest BCUT2D eigenvalue weighted by Crippen LogP contribution is 2.30. The summed E-state index contributed by atoms with van der Waals surface area (Å²) in [5.41, 5.74) is 3.28. The second-order valence-electron chi connectivity index (χ2n) is 5.90. The van der Waals surface area contributed by atoms with Crippen LogP contribution in [0.25, 0.3) is 10.9 Å². The fraction of sp³-hybridized carbons (Fsp3) is 0.158. The normalized spacial score (nSPS) is 13.1. The molecule has 1 N–H and O–H groups in total. The van der Waals surface area contributed by atoms with Crippen LogP contribution in [0, 0.1) is 11.6 Å². The van der Waals surface area contributed by atoms with Gasteiger partial charge < -0.3 is 5.32 Å². The molecule has 0 atom stereocenters. The number of nitrogens with zero attached hydrogens (tertiary/aromatic N) is 1. The average Bonchev–Trinajstić information content (AvgIpc) is 2.99. The number of amides is 1. The van der Waals surface area contributed by atoms with E-state index in [0.29, 0.717) is 5.56 Å². The summed E-state index contributed by atoms with van der Waals surface area (Å²) in [6, 6.07) is 10.4. The van der Waals surface area contributed by atoms with Crippen molar-refractivity contribution in [2.45, 2.75) is 19.3 Å². The van der Waals surface area contributed by atoms with Crippen LogP contribution < -0.4 is 5.32 Å². The fourth-order valence-electron chi connectivity index (χ4n) is 3.29. The Balaban J connectivity index is 1.82. The van der Waals surface area contributed by atoms with Crippen LogP contribution in [0.3, 0.4) is 0 Å². The molecular formula is C19H14F2N2O.